The molecule has 1 aromatic carbocycles. The van der Waals surface area contributed by atoms with Crippen LogP contribution in [0.5, 0.6) is 0 Å². The van der Waals surface area contributed by atoms with Crippen molar-refractivity contribution in [2.75, 3.05) is 0 Å². The molecule has 0 bridgehead atoms. The molecule has 80 valence electrons. The first-order valence-electron chi connectivity index (χ1n) is 4.73. The van der Waals surface area contributed by atoms with E-state index in [0.717, 1.165) is 5.69 Å². The fourth-order valence-electron chi connectivity index (χ4n) is 1.74. The highest BCUT2D eigenvalue weighted by Crippen LogP contribution is 2.24. The van der Waals surface area contributed by atoms with Gasteiger partial charge in [0.1, 0.15) is 0 Å². The summed E-state index contributed by atoms with van der Waals surface area (Å²) in [6.45, 7) is 0. The number of hydrogen-bond acceptors (Lipinski definition) is 3. The van der Waals surface area contributed by atoms with E-state index in [2.05, 4.69) is 60.9 Å². The number of hydrogen-bond donors (Lipinski definition) is 0. The van der Waals surface area contributed by atoms with E-state index in [9.17, 15) is 0 Å². The summed E-state index contributed by atoms with van der Waals surface area (Å²) in [6, 6.07) is 6.12. The Morgan fingerprint density at radius 3 is 2.94 bits per heavy atom. The predicted molar refractivity (Wildman–Crippen MR) is 68.3 cm³/mol. The van der Waals surface area contributed by atoms with Crippen LogP contribution >= 0.6 is 22.6 Å². The third-order valence-electron chi connectivity index (χ3n) is 2.50. The fraction of sp³-hybridized carbons (Fsp3) is 0.100. The summed E-state index contributed by atoms with van der Waals surface area (Å²) in [5.41, 5.74) is 2.13. The normalized spacial score (nSPS) is 11.1. The van der Waals surface area contributed by atoms with Crippen molar-refractivity contribution in [3.63, 3.8) is 0 Å². The summed E-state index contributed by atoms with van der Waals surface area (Å²) in [6.07, 6.45) is 3.53. The van der Waals surface area contributed by atoms with E-state index in [1.54, 1.807) is 0 Å². The van der Waals surface area contributed by atoms with Gasteiger partial charge in [0.15, 0.2) is 6.33 Å². The van der Waals surface area contributed by atoms with Crippen LogP contribution in [-0.4, -0.2) is 24.8 Å². The summed E-state index contributed by atoms with van der Waals surface area (Å²) in [5.74, 6) is 0. The third kappa shape index (κ3) is 1.41. The lowest BCUT2D eigenvalue weighted by atomic mass is 10.2. The van der Waals surface area contributed by atoms with Gasteiger partial charge in [-0.05, 0) is 46.0 Å². The highest BCUT2D eigenvalue weighted by Gasteiger charge is 2.06. The number of nitrogens with zero attached hydrogens (tertiary/aromatic N) is 5. The van der Waals surface area contributed by atoms with Gasteiger partial charge in [0, 0.05) is 27.7 Å². The lowest BCUT2D eigenvalue weighted by molar-refractivity contribution is 0.720. The zero-order chi connectivity index (χ0) is 11.1. The van der Waals surface area contributed by atoms with Crippen LogP contribution in [0.4, 0.5) is 0 Å². The first kappa shape index (κ1) is 9.76. The molecule has 3 rings (SSSR count). The second-order valence-electron chi connectivity index (χ2n) is 3.51. The molecule has 0 atom stereocenters. The Balaban J connectivity index is 2.27. The van der Waals surface area contributed by atoms with Crippen LogP contribution in [0.3, 0.4) is 0 Å². The maximum Gasteiger partial charge on any atom is 0.162 e. The maximum absolute atomic E-state index is 4.01. The Hall–Kier alpha value is -1.44. The van der Waals surface area contributed by atoms with Crippen LogP contribution in [0.1, 0.15) is 0 Å². The highest BCUT2D eigenvalue weighted by molar-refractivity contribution is 14.1. The maximum atomic E-state index is 4.01. The Bertz CT molecular complexity index is 641. The lowest BCUT2D eigenvalue weighted by Crippen LogP contribution is -1.98. The highest BCUT2D eigenvalue weighted by atomic mass is 127. The standard InChI is InChI=1S/C10H8IN5/c1-15-5-9(11)8-4-7(2-3-10(8)15)16-13-6-12-14-16/h2-6H,1H3. The van der Waals surface area contributed by atoms with E-state index in [1.165, 1.54) is 25.6 Å². The Morgan fingerprint density at radius 1 is 1.31 bits per heavy atom. The Morgan fingerprint density at radius 2 is 2.19 bits per heavy atom. The quantitative estimate of drug-likeness (QED) is 0.641. The summed E-state index contributed by atoms with van der Waals surface area (Å²) < 4.78 is 3.33. The minimum absolute atomic E-state index is 0.925. The summed E-state index contributed by atoms with van der Waals surface area (Å²) in [5, 5.41) is 12.8. The van der Waals surface area contributed by atoms with Gasteiger partial charge < -0.3 is 4.57 Å². The molecule has 0 aliphatic carbocycles. The number of aromatic nitrogens is 5. The van der Waals surface area contributed by atoms with E-state index in [4.69, 9.17) is 0 Å². The second kappa shape index (κ2) is 3.55. The number of rotatable bonds is 1. The van der Waals surface area contributed by atoms with Crippen molar-refractivity contribution in [2.45, 2.75) is 0 Å². The molecular weight excluding hydrogens is 317 g/mol. The average molecular weight is 325 g/mol. The van der Waals surface area contributed by atoms with E-state index in [-0.39, 0.29) is 0 Å². The van der Waals surface area contributed by atoms with Gasteiger partial charge in [0.2, 0.25) is 0 Å². The molecule has 6 heteroatoms. The number of benzene rings is 1. The molecule has 0 aliphatic rings. The van der Waals surface area contributed by atoms with Crippen LogP contribution in [0.2, 0.25) is 0 Å². The van der Waals surface area contributed by atoms with Crippen LogP contribution in [0.15, 0.2) is 30.7 Å². The molecule has 2 heterocycles. The van der Waals surface area contributed by atoms with Gasteiger partial charge in [-0.1, -0.05) is 0 Å². The van der Waals surface area contributed by atoms with Crippen molar-refractivity contribution < 1.29 is 0 Å². The van der Waals surface area contributed by atoms with Crippen molar-refractivity contribution in [1.29, 1.82) is 0 Å². The van der Waals surface area contributed by atoms with E-state index in [1.807, 2.05) is 13.1 Å². The summed E-state index contributed by atoms with van der Waals surface area (Å²) in [4.78, 5) is 1.52. The Kier molecular flexibility index (Phi) is 2.16. The molecule has 0 N–H and O–H groups in total. The van der Waals surface area contributed by atoms with Crippen LogP contribution < -0.4 is 0 Å². The zero-order valence-corrected chi connectivity index (χ0v) is 10.7. The molecule has 3 aromatic rings. The van der Waals surface area contributed by atoms with Gasteiger partial charge in [-0.15, -0.1) is 15.0 Å². The Labute approximate surface area is 105 Å². The van der Waals surface area contributed by atoms with Crippen molar-refractivity contribution in [3.8, 4) is 5.69 Å². The molecule has 0 aliphatic heterocycles. The molecule has 0 spiro atoms. The fourth-order valence-corrected chi connectivity index (χ4v) is 2.59. The molecule has 5 nitrogen and oxygen atoms in total. The minimum Gasteiger partial charge on any atom is -0.349 e. The monoisotopic (exact) mass is 325 g/mol. The second-order valence-corrected chi connectivity index (χ2v) is 4.68. The third-order valence-corrected chi connectivity index (χ3v) is 3.36. The number of aryl methyl sites for hydroxylation is 1. The van der Waals surface area contributed by atoms with Gasteiger partial charge in [-0.2, -0.15) is 0 Å². The van der Waals surface area contributed by atoms with Crippen LogP contribution in [0.25, 0.3) is 16.6 Å². The topological polar surface area (TPSA) is 48.5 Å². The van der Waals surface area contributed by atoms with E-state index < -0.39 is 0 Å². The molecule has 0 radical (unpaired) electrons. The van der Waals surface area contributed by atoms with Crippen molar-refractivity contribution in [2.24, 2.45) is 7.05 Å². The molecular formula is C10H8IN5. The number of tetrazole rings is 1. The van der Waals surface area contributed by atoms with Gasteiger partial charge in [0.05, 0.1) is 5.69 Å². The molecule has 0 saturated carbocycles. The largest absolute Gasteiger partial charge is 0.349 e. The zero-order valence-electron chi connectivity index (χ0n) is 8.50. The number of halogens is 1. The summed E-state index contributed by atoms with van der Waals surface area (Å²) in [7, 11) is 2.04. The molecule has 0 saturated heterocycles. The molecule has 16 heavy (non-hydrogen) atoms. The van der Waals surface area contributed by atoms with Crippen molar-refractivity contribution in [1.82, 2.24) is 24.8 Å². The lowest BCUT2D eigenvalue weighted by Gasteiger charge is -2.00. The molecule has 2 aromatic heterocycles. The van der Waals surface area contributed by atoms with Gasteiger partial charge in [-0.3, -0.25) is 0 Å². The van der Waals surface area contributed by atoms with Crippen LogP contribution in [-0.2, 0) is 7.05 Å². The predicted octanol–water partition coefficient (Wildman–Crippen LogP) is 1.76. The summed E-state index contributed by atoms with van der Waals surface area (Å²) >= 11 is 2.33. The first-order chi connectivity index (χ1) is 7.75. The van der Waals surface area contributed by atoms with Gasteiger partial charge in [0.25, 0.3) is 0 Å². The van der Waals surface area contributed by atoms with Crippen molar-refractivity contribution in [3.05, 3.63) is 34.3 Å². The SMILES string of the molecule is Cn1cc(I)c2cc(-n3ncnn3)ccc21. The molecule has 0 fully saturated rings. The first-order valence-corrected chi connectivity index (χ1v) is 5.81. The molecule has 0 amide bonds. The minimum atomic E-state index is 0.925. The average Bonchev–Trinajstić information content (AvgIpc) is 2.88. The van der Waals surface area contributed by atoms with Crippen molar-refractivity contribution >= 4 is 33.5 Å². The smallest absolute Gasteiger partial charge is 0.162 e. The van der Waals surface area contributed by atoms with E-state index >= 15 is 0 Å². The van der Waals surface area contributed by atoms with E-state index in [0.29, 0.717) is 0 Å². The van der Waals surface area contributed by atoms with Gasteiger partial charge in [-0.25, -0.2) is 0 Å². The van der Waals surface area contributed by atoms with Gasteiger partial charge >= 0.3 is 0 Å². The van der Waals surface area contributed by atoms with Crippen LogP contribution in [0, 0.1) is 3.57 Å². The molecule has 0 unspecified atom stereocenters. The number of fused-ring (bicyclic) bond motifs is 1.